The molecule has 0 aromatic carbocycles. The Labute approximate surface area is 206 Å². The van der Waals surface area contributed by atoms with E-state index in [4.69, 9.17) is 8.85 Å². The highest BCUT2D eigenvalue weighted by molar-refractivity contribution is 5.93. The molecule has 0 radical (unpaired) electrons. The molecule has 4 aromatic rings. The van der Waals surface area contributed by atoms with Crippen LogP contribution in [0.4, 0.5) is 23.5 Å². The Kier molecular flexibility index (Phi) is 4.85. The van der Waals surface area contributed by atoms with Gasteiger partial charge in [-0.25, -0.2) is 27.1 Å². The van der Waals surface area contributed by atoms with E-state index in [0.29, 0.717) is 0 Å². The maximum absolute atomic E-state index is 15.3. The quantitative estimate of drug-likeness (QED) is 0.399. The average molecular weight is 509 g/mol. The molecule has 1 aliphatic rings. The second kappa shape index (κ2) is 8.62. The second-order valence-corrected chi connectivity index (χ2v) is 8.25. The van der Waals surface area contributed by atoms with E-state index < -0.39 is 43.0 Å². The van der Waals surface area contributed by atoms with Crippen molar-refractivity contribution in [2.24, 2.45) is 0 Å². The summed E-state index contributed by atoms with van der Waals surface area (Å²) in [5.41, 5.74) is -0.315. The number of aromatic nitrogens is 5. The number of carbonyl (C=O) groups excluding carboxylic acids is 1. The number of likely N-dealkylation sites (tertiary alicyclic amines) is 1. The highest BCUT2D eigenvalue weighted by Gasteiger charge is 2.44. The number of pyridine rings is 1. The van der Waals surface area contributed by atoms with Crippen LogP contribution in [-0.4, -0.2) is 81.0 Å². The van der Waals surface area contributed by atoms with E-state index in [1.807, 2.05) is 0 Å². The topological polar surface area (TPSA) is 101 Å². The molecule has 0 bridgehead atoms. The minimum atomic E-state index is -3.44. The van der Waals surface area contributed by atoms with Gasteiger partial charge in [-0.15, -0.1) is 5.10 Å². The molecule has 1 saturated heterocycles. The number of ether oxygens (including phenoxy) is 1. The van der Waals surface area contributed by atoms with Gasteiger partial charge in [0.15, 0.2) is 17.3 Å². The zero-order valence-corrected chi connectivity index (χ0v) is 19.0. The lowest BCUT2D eigenvalue weighted by Crippen LogP contribution is -2.53. The summed E-state index contributed by atoms with van der Waals surface area (Å²) in [5.74, 6) is -6.18. The summed E-state index contributed by atoms with van der Waals surface area (Å²) in [6, 6.07) is -0.474. The van der Waals surface area contributed by atoms with Crippen molar-refractivity contribution in [3.63, 3.8) is 0 Å². The number of imidazole rings is 1. The number of rotatable bonds is 5. The first-order chi connectivity index (χ1) is 18.3. The van der Waals surface area contributed by atoms with E-state index >= 15 is 4.39 Å². The number of piperidine rings is 1. The summed E-state index contributed by atoms with van der Waals surface area (Å²) in [6.45, 7) is -3.78. The third-order valence-electron chi connectivity index (χ3n) is 5.96. The third-order valence-corrected chi connectivity index (χ3v) is 5.96. The molecule has 0 saturated carbocycles. The number of nitrogens with zero attached hydrogens (tertiary/aromatic N) is 6. The largest absolute Gasteiger partial charge is 0.479 e. The van der Waals surface area contributed by atoms with Crippen molar-refractivity contribution in [1.29, 1.82) is 0 Å². The maximum Gasteiger partial charge on any atom is 0.280 e. The van der Waals surface area contributed by atoms with E-state index in [9.17, 15) is 18.0 Å². The highest BCUT2D eigenvalue weighted by atomic mass is 19.3. The van der Waals surface area contributed by atoms with Crippen molar-refractivity contribution >= 4 is 23.0 Å². The molecule has 10 nitrogen and oxygen atoms in total. The minimum Gasteiger partial charge on any atom is -0.479 e. The van der Waals surface area contributed by atoms with Gasteiger partial charge in [-0.2, -0.15) is 4.98 Å². The van der Waals surface area contributed by atoms with Gasteiger partial charge in [0.2, 0.25) is 11.8 Å². The van der Waals surface area contributed by atoms with Crippen molar-refractivity contribution in [3.05, 3.63) is 42.0 Å². The van der Waals surface area contributed by atoms with Crippen LogP contribution in [0.15, 0.2) is 24.7 Å². The van der Waals surface area contributed by atoms with Crippen LogP contribution in [0.1, 0.15) is 21.0 Å². The molecule has 14 heteroatoms. The van der Waals surface area contributed by atoms with Crippen LogP contribution < -0.4 is 15.4 Å². The van der Waals surface area contributed by atoms with Crippen molar-refractivity contribution in [2.45, 2.75) is 18.4 Å². The van der Waals surface area contributed by atoms with Crippen LogP contribution in [0, 0.1) is 11.6 Å². The molecular formula is C22H22F4N8O2. The van der Waals surface area contributed by atoms with Gasteiger partial charge in [-0.05, 0) is 19.5 Å². The van der Waals surface area contributed by atoms with Crippen molar-refractivity contribution in [1.82, 2.24) is 34.2 Å². The number of methoxy groups -OCH3 is 1. The predicted molar refractivity (Wildman–Crippen MR) is 122 cm³/mol. The Balaban J connectivity index is 1.55. The Morgan fingerprint density at radius 1 is 1.31 bits per heavy atom. The fourth-order valence-electron chi connectivity index (χ4n) is 4.25. The smallest absolute Gasteiger partial charge is 0.280 e. The zero-order valence-electron chi connectivity index (χ0n) is 22.0. The Morgan fingerprint density at radius 3 is 2.81 bits per heavy atom. The number of hydrogen-bond donors (Lipinski definition) is 2. The van der Waals surface area contributed by atoms with Gasteiger partial charge in [0, 0.05) is 29.5 Å². The monoisotopic (exact) mass is 509 g/mol. The minimum absolute atomic E-state index is 0.00864. The summed E-state index contributed by atoms with van der Waals surface area (Å²) >= 11 is 0. The van der Waals surface area contributed by atoms with E-state index in [1.54, 1.807) is 0 Å². The standard InChI is InChI=1S/C22H22F4N8O2/c1-27-19(35)14-7-28-18-12(23)6-11(8-33(14)18)16-13(24)9-34-17(16)20(36-3)30-21(31-34)29-15-4-5-32(2)10-22(15,25)26/h6-9,15H,4-5,10H2,1-3H3,(H,27,35)(H,29,31)/t15-/m1/s1/i2D3. The lowest BCUT2D eigenvalue weighted by atomic mass is 10.0. The summed E-state index contributed by atoms with van der Waals surface area (Å²) in [6.07, 6.45) is 3.22. The molecule has 36 heavy (non-hydrogen) atoms. The molecule has 1 fully saturated rings. The fraction of sp³-hybridized carbons (Fsp3) is 0.364. The first-order valence-corrected chi connectivity index (χ1v) is 10.8. The lowest BCUT2D eigenvalue weighted by Gasteiger charge is -2.36. The normalized spacial score (nSPS) is 19.6. The number of anilines is 1. The van der Waals surface area contributed by atoms with E-state index in [2.05, 4.69) is 25.7 Å². The molecule has 4 aromatic heterocycles. The van der Waals surface area contributed by atoms with Gasteiger partial charge in [-0.3, -0.25) is 9.20 Å². The Bertz CT molecular complexity index is 1590. The van der Waals surface area contributed by atoms with Crippen molar-refractivity contribution in [3.8, 4) is 17.0 Å². The first-order valence-electron chi connectivity index (χ1n) is 12.3. The second-order valence-electron chi connectivity index (χ2n) is 8.25. The predicted octanol–water partition coefficient (Wildman–Crippen LogP) is 2.44. The fourth-order valence-corrected chi connectivity index (χ4v) is 4.25. The maximum atomic E-state index is 15.3. The number of nitrogens with one attached hydrogen (secondary N) is 2. The van der Waals surface area contributed by atoms with Crippen LogP contribution in [-0.2, 0) is 0 Å². The molecule has 0 unspecified atom stereocenters. The van der Waals surface area contributed by atoms with E-state index in [-0.39, 0.29) is 52.8 Å². The third kappa shape index (κ3) is 3.86. The Morgan fingerprint density at radius 2 is 2.11 bits per heavy atom. The van der Waals surface area contributed by atoms with Gasteiger partial charge < -0.3 is 20.3 Å². The average Bonchev–Trinajstić information content (AvgIpc) is 3.44. The van der Waals surface area contributed by atoms with Crippen LogP contribution >= 0.6 is 0 Å². The number of fused-ring (bicyclic) bond motifs is 2. The highest BCUT2D eigenvalue weighted by Crippen LogP contribution is 2.36. The SMILES string of the molecule is [2H]C([2H])([2H])N1CC[C@@H](Nc2nc(OC)c3c(-c4cc(F)c5ncc(C(=O)NC)n5c4)c(F)cn3n2)C(F)(F)C1. The van der Waals surface area contributed by atoms with Gasteiger partial charge in [0.05, 0.1) is 37.7 Å². The molecule has 5 rings (SSSR count). The first kappa shape index (κ1) is 20.3. The van der Waals surface area contributed by atoms with Crippen LogP contribution in [0.5, 0.6) is 5.88 Å². The summed E-state index contributed by atoms with van der Waals surface area (Å²) in [4.78, 5) is 20.9. The number of alkyl halides is 2. The molecule has 5 heterocycles. The van der Waals surface area contributed by atoms with Crippen molar-refractivity contribution < 1.29 is 31.2 Å². The number of carbonyl (C=O) groups is 1. The van der Waals surface area contributed by atoms with Crippen LogP contribution in [0.25, 0.3) is 22.3 Å². The van der Waals surface area contributed by atoms with Gasteiger partial charge in [-0.1, -0.05) is 0 Å². The van der Waals surface area contributed by atoms with Gasteiger partial charge >= 0.3 is 0 Å². The molecule has 1 amide bonds. The molecule has 1 atom stereocenters. The Hall–Kier alpha value is -3.94. The molecule has 190 valence electrons. The molecular weight excluding hydrogens is 484 g/mol. The molecule has 2 N–H and O–H groups in total. The van der Waals surface area contributed by atoms with Crippen LogP contribution in [0.2, 0.25) is 0 Å². The van der Waals surface area contributed by atoms with Crippen molar-refractivity contribution in [2.75, 3.05) is 39.5 Å². The summed E-state index contributed by atoms with van der Waals surface area (Å²) in [7, 11) is 2.62. The summed E-state index contributed by atoms with van der Waals surface area (Å²) < 4.78 is 89.5. The van der Waals surface area contributed by atoms with E-state index in [1.165, 1.54) is 31.0 Å². The molecule has 1 aliphatic heterocycles. The zero-order chi connectivity index (χ0) is 28.3. The van der Waals surface area contributed by atoms with Crippen LogP contribution in [0.3, 0.4) is 0 Å². The number of halogens is 4. The van der Waals surface area contributed by atoms with E-state index in [0.717, 1.165) is 21.7 Å². The van der Waals surface area contributed by atoms with Gasteiger partial charge in [0.1, 0.15) is 11.2 Å². The molecule has 0 aliphatic carbocycles. The number of hydrogen-bond acceptors (Lipinski definition) is 7. The molecule has 0 spiro atoms. The summed E-state index contributed by atoms with van der Waals surface area (Å²) in [5, 5.41) is 9.02. The van der Waals surface area contributed by atoms with Gasteiger partial charge in [0.25, 0.3) is 11.8 Å². The lowest BCUT2D eigenvalue weighted by molar-refractivity contribution is -0.0675. The number of amides is 1.